The number of piperazine rings is 1. The number of rotatable bonds is 6. The number of halogens is 1. The number of carbonyl (C=O) groups is 1. The summed E-state index contributed by atoms with van der Waals surface area (Å²) in [6, 6.07) is 12.6. The largest absolute Gasteiger partial charge is 0.368 e. The molecule has 1 atom stereocenters. The summed E-state index contributed by atoms with van der Waals surface area (Å²) in [5, 5.41) is 11.6. The highest BCUT2D eigenvalue weighted by Gasteiger charge is 2.36. The molecule has 0 saturated carbocycles. The molecule has 2 aliphatic rings. The van der Waals surface area contributed by atoms with E-state index in [2.05, 4.69) is 19.2 Å². The van der Waals surface area contributed by atoms with Gasteiger partial charge in [0.1, 0.15) is 17.7 Å². The van der Waals surface area contributed by atoms with Crippen molar-refractivity contribution in [3.05, 3.63) is 75.9 Å². The maximum Gasteiger partial charge on any atom is 0.269 e. The SMILES string of the molecule is O=C(C1CCCN1c1nc(Cc2ccc(F)cc2)ns1)N1CCN(c2ccc([N+](=O)[O-])cc2)CC1. The molecule has 0 radical (unpaired) electrons. The van der Waals surface area contributed by atoms with Gasteiger partial charge in [0.05, 0.1) is 4.92 Å². The lowest BCUT2D eigenvalue weighted by Gasteiger charge is -2.38. The molecule has 1 aromatic heterocycles. The van der Waals surface area contributed by atoms with E-state index in [1.807, 2.05) is 4.90 Å². The van der Waals surface area contributed by atoms with Gasteiger partial charge in [-0.1, -0.05) is 12.1 Å². The van der Waals surface area contributed by atoms with Gasteiger partial charge in [0.2, 0.25) is 11.0 Å². The Bertz CT molecular complexity index is 1190. The van der Waals surface area contributed by atoms with Gasteiger partial charge < -0.3 is 14.7 Å². The summed E-state index contributed by atoms with van der Waals surface area (Å²) >= 11 is 1.30. The fraction of sp³-hybridized carbons (Fsp3) is 0.375. The molecule has 182 valence electrons. The number of anilines is 2. The number of aromatic nitrogens is 2. The number of non-ortho nitro benzene ring substituents is 1. The summed E-state index contributed by atoms with van der Waals surface area (Å²) in [4.78, 5) is 34.7. The van der Waals surface area contributed by atoms with Crippen molar-refractivity contribution in [1.29, 1.82) is 0 Å². The molecule has 0 N–H and O–H groups in total. The quantitative estimate of drug-likeness (QED) is 0.381. The van der Waals surface area contributed by atoms with Crippen LogP contribution in [-0.4, -0.2) is 63.9 Å². The Morgan fingerprint density at radius 2 is 1.77 bits per heavy atom. The molecule has 1 amide bonds. The molecule has 3 aromatic rings. The Morgan fingerprint density at radius 1 is 1.06 bits per heavy atom. The standard InChI is InChI=1S/C24H25FN6O3S/c25-18-5-3-17(4-6-18)16-22-26-24(35-27-22)30-11-1-2-21(30)23(32)29-14-12-28(13-15-29)19-7-9-20(10-8-19)31(33)34/h3-10,21H,1-2,11-16H2. The van der Waals surface area contributed by atoms with Crippen LogP contribution in [-0.2, 0) is 11.2 Å². The Balaban J connectivity index is 1.19. The Morgan fingerprint density at radius 3 is 2.46 bits per heavy atom. The number of nitro groups is 1. The maximum absolute atomic E-state index is 13.4. The third-order valence-electron chi connectivity index (χ3n) is 6.53. The van der Waals surface area contributed by atoms with Gasteiger partial charge >= 0.3 is 0 Å². The van der Waals surface area contributed by atoms with E-state index in [0.29, 0.717) is 38.4 Å². The highest BCUT2D eigenvalue weighted by Crippen LogP contribution is 2.29. The normalized spacial score (nSPS) is 18.2. The second-order valence-corrected chi connectivity index (χ2v) is 9.46. The third-order valence-corrected chi connectivity index (χ3v) is 7.32. The molecule has 5 rings (SSSR count). The molecule has 11 heteroatoms. The summed E-state index contributed by atoms with van der Waals surface area (Å²) in [5.41, 5.74) is 1.94. The molecule has 2 fully saturated rings. The van der Waals surface area contributed by atoms with E-state index >= 15 is 0 Å². The van der Waals surface area contributed by atoms with Crippen molar-refractivity contribution in [2.45, 2.75) is 25.3 Å². The third kappa shape index (κ3) is 5.09. The Hall–Kier alpha value is -3.60. The van der Waals surface area contributed by atoms with Crippen LogP contribution in [0.3, 0.4) is 0 Å². The van der Waals surface area contributed by atoms with Crippen molar-refractivity contribution in [2.24, 2.45) is 0 Å². The smallest absolute Gasteiger partial charge is 0.269 e. The predicted molar refractivity (Wildman–Crippen MR) is 131 cm³/mol. The lowest BCUT2D eigenvalue weighted by Crippen LogP contribution is -2.53. The monoisotopic (exact) mass is 496 g/mol. The fourth-order valence-electron chi connectivity index (χ4n) is 4.65. The van der Waals surface area contributed by atoms with Crippen molar-refractivity contribution < 1.29 is 14.1 Å². The van der Waals surface area contributed by atoms with Crippen LogP contribution in [0.2, 0.25) is 0 Å². The molecule has 35 heavy (non-hydrogen) atoms. The van der Waals surface area contributed by atoms with E-state index in [4.69, 9.17) is 0 Å². The molecule has 0 aliphatic carbocycles. The van der Waals surface area contributed by atoms with E-state index in [1.54, 1.807) is 24.3 Å². The fourth-order valence-corrected chi connectivity index (χ4v) is 5.41. The van der Waals surface area contributed by atoms with Crippen molar-refractivity contribution in [3.63, 3.8) is 0 Å². The van der Waals surface area contributed by atoms with Crippen molar-refractivity contribution >= 4 is 33.9 Å². The van der Waals surface area contributed by atoms with Gasteiger partial charge in [-0.3, -0.25) is 14.9 Å². The molecule has 2 aliphatic heterocycles. The van der Waals surface area contributed by atoms with E-state index in [9.17, 15) is 19.3 Å². The topological polar surface area (TPSA) is 95.7 Å². The van der Waals surface area contributed by atoms with Crippen LogP contribution in [0.1, 0.15) is 24.2 Å². The average Bonchev–Trinajstić information content (AvgIpc) is 3.55. The van der Waals surface area contributed by atoms with Gasteiger partial charge in [-0.05, 0) is 42.7 Å². The maximum atomic E-state index is 13.4. The summed E-state index contributed by atoms with van der Waals surface area (Å²) in [6.07, 6.45) is 2.23. The minimum atomic E-state index is -0.405. The second-order valence-electron chi connectivity index (χ2n) is 8.73. The summed E-state index contributed by atoms with van der Waals surface area (Å²) in [7, 11) is 0. The number of hydrogen-bond donors (Lipinski definition) is 0. The molecular formula is C24H25FN6O3S. The van der Waals surface area contributed by atoms with Crippen molar-refractivity contribution in [1.82, 2.24) is 14.3 Å². The zero-order valence-corrected chi connectivity index (χ0v) is 19.9. The van der Waals surface area contributed by atoms with E-state index in [1.165, 1.54) is 35.8 Å². The first kappa shape index (κ1) is 23.2. The lowest BCUT2D eigenvalue weighted by molar-refractivity contribution is -0.384. The van der Waals surface area contributed by atoms with Crippen LogP contribution in [0, 0.1) is 15.9 Å². The lowest BCUT2D eigenvalue weighted by atomic mass is 10.1. The minimum absolute atomic E-state index is 0.0707. The van der Waals surface area contributed by atoms with Crippen LogP contribution in [0.5, 0.6) is 0 Å². The highest BCUT2D eigenvalue weighted by atomic mass is 32.1. The molecule has 2 saturated heterocycles. The molecule has 1 unspecified atom stereocenters. The number of amides is 1. The van der Waals surface area contributed by atoms with Gasteiger partial charge in [-0.25, -0.2) is 9.37 Å². The molecule has 3 heterocycles. The molecular weight excluding hydrogens is 471 g/mol. The molecule has 0 bridgehead atoms. The first-order valence-corrected chi connectivity index (χ1v) is 12.4. The van der Waals surface area contributed by atoms with Crippen LogP contribution in [0.4, 0.5) is 20.9 Å². The average molecular weight is 497 g/mol. The van der Waals surface area contributed by atoms with Crippen LogP contribution >= 0.6 is 11.5 Å². The first-order valence-electron chi connectivity index (χ1n) is 11.6. The van der Waals surface area contributed by atoms with E-state index < -0.39 is 4.92 Å². The predicted octanol–water partition coefficient (Wildman–Crippen LogP) is 3.49. The minimum Gasteiger partial charge on any atom is -0.368 e. The summed E-state index contributed by atoms with van der Waals surface area (Å²) in [5.74, 6) is 0.514. The van der Waals surface area contributed by atoms with Gasteiger partial charge in [-0.15, -0.1) is 0 Å². The first-order chi connectivity index (χ1) is 17.0. The van der Waals surface area contributed by atoms with Crippen LogP contribution in [0.15, 0.2) is 48.5 Å². The molecule has 2 aromatic carbocycles. The zero-order chi connectivity index (χ0) is 24.4. The Labute approximate surface area is 206 Å². The van der Waals surface area contributed by atoms with Crippen molar-refractivity contribution in [3.8, 4) is 0 Å². The number of hydrogen-bond acceptors (Lipinski definition) is 8. The van der Waals surface area contributed by atoms with Gasteiger partial charge in [0.15, 0.2) is 0 Å². The van der Waals surface area contributed by atoms with E-state index in [0.717, 1.165) is 35.8 Å². The Kier molecular flexibility index (Phi) is 6.58. The van der Waals surface area contributed by atoms with Gasteiger partial charge in [-0.2, -0.15) is 4.37 Å². The number of nitrogens with zero attached hydrogens (tertiary/aromatic N) is 6. The van der Waals surface area contributed by atoms with Crippen LogP contribution in [0.25, 0.3) is 0 Å². The van der Waals surface area contributed by atoms with Crippen molar-refractivity contribution in [2.75, 3.05) is 42.5 Å². The van der Waals surface area contributed by atoms with E-state index in [-0.39, 0.29) is 23.5 Å². The van der Waals surface area contributed by atoms with Crippen LogP contribution < -0.4 is 9.80 Å². The van der Waals surface area contributed by atoms with Gasteiger partial charge in [0, 0.05) is 68.5 Å². The number of benzene rings is 2. The van der Waals surface area contributed by atoms with Gasteiger partial charge in [0.25, 0.3) is 5.69 Å². The summed E-state index contributed by atoms with van der Waals surface area (Å²) < 4.78 is 17.6. The zero-order valence-electron chi connectivity index (χ0n) is 19.0. The second kappa shape index (κ2) is 9.95. The highest BCUT2D eigenvalue weighted by molar-refractivity contribution is 7.09. The number of nitro benzene ring substituents is 1. The molecule has 9 nitrogen and oxygen atoms in total. The summed E-state index contributed by atoms with van der Waals surface area (Å²) in [6.45, 7) is 3.33. The number of carbonyl (C=O) groups excluding carboxylic acids is 1. The molecule has 0 spiro atoms.